The van der Waals surface area contributed by atoms with Crippen molar-refractivity contribution in [1.82, 2.24) is 0 Å². The number of hydrogen-bond donors (Lipinski definition) is 0. The van der Waals surface area contributed by atoms with E-state index >= 15 is 0 Å². The molecule has 0 aliphatic heterocycles. The zero-order chi connectivity index (χ0) is 32.5. The predicted molar refractivity (Wildman–Crippen MR) is 175 cm³/mol. The molecule has 8 nitrogen and oxygen atoms in total. The van der Waals surface area contributed by atoms with Gasteiger partial charge in [-0.3, -0.25) is 0 Å². The van der Waals surface area contributed by atoms with E-state index in [1.165, 1.54) is 64.2 Å². The minimum atomic E-state index is -1.45. The van der Waals surface area contributed by atoms with E-state index < -0.39 is 12.3 Å². The maximum absolute atomic E-state index is 9.81. The molecule has 0 atom stereocenters. The molecule has 0 saturated heterocycles. The molecular weight excluding hydrogens is 655 g/mol. The summed E-state index contributed by atoms with van der Waals surface area (Å²) in [6.07, 6.45) is 22.4. The molecule has 0 radical (unpaired) electrons. The largest absolute Gasteiger partial charge is 0.550 e. The van der Waals surface area contributed by atoms with Gasteiger partial charge in [0.25, 0.3) is 12.3 Å². The summed E-state index contributed by atoms with van der Waals surface area (Å²) in [6, 6.07) is 0. The Morgan fingerprint density at radius 1 is 0.419 bits per heavy atom. The summed E-state index contributed by atoms with van der Waals surface area (Å²) in [5.41, 5.74) is 0. The molecule has 43 heavy (non-hydrogen) atoms. The van der Waals surface area contributed by atoms with Crippen molar-refractivity contribution in [3.63, 3.8) is 0 Å². The molecule has 0 spiro atoms. The first-order valence-electron chi connectivity index (χ1n) is 17.5. The summed E-state index contributed by atoms with van der Waals surface area (Å²) in [5.74, 6) is 0. The normalized spacial score (nSPS) is 10.1. The molecule has 0 heterocycles. The first-order chi connectivity index (χ1) is 21.0. The minimum absolute atomic E-state index is 0.0736. The van der Waals surface area contributed by atoms with Crippen molar-refractivity contribution in [2.45, 2.75) is 165 Å². The van der Waals surface area contributed by atoms with Crippen molar-refractivity contribution in [1.29, 1.82) is 0 Å². The SMILES string of the molecule is CCCCCCC[CH2][Sn+2][CH2]CCCCCCC.CCCCOCCCCOC(=O)[O-].CCCCOCCCCOC(=O)[O-]. The van der Waals surface area contributed by atoms with Gasteiger partial charge in [-0.05, 0) is 38.5 Å². The van der Waals surface area contributed by atoms with Crippen LogP contribution in [0.3, 0.4) is 0 Å². The Bertz CT molecular complexity index is 479. The van der Waals surface area contributed by atoms with E-state index in [1.54, 1.807) is 21.7 Å². The molecular formula is C34H68O8Sn. The molecule has 9 heteroatoms. The second kappa shape index (κ2) is 45.7. The van der Waals surface area contributed by atoms with E-state index in [4.69, 9.17) is 9.47 Å². The van der Waals surface area contributed by atoms with Crippen LogP contribution in [0, 0.1) is 0 Å². The maximum Gasteiger partial charge on any atom is 0.251 e. The number of unbranched alkanes of at least 4 members (excludes halogenated alkanes) is 14. The second-order valence-electron chi connectivity index (χ2n) is 10.8. The van der Waals surface area contributed by atoms with Gasteiger partial charge >= 0.3 is 121 Å². The summed E-state index contributed by atoms with van der Waals surface area (Å²) < 4.78 is 22.3. The van der Waals surface area contributed by atoms with E-state index in [0.717, 1.165) is 51.7 Å². The Kier molecular flexibility index (Phi) is 49.6. The predicted octanol–water partition coefficient (Wildman–Crippen LogP) is 8.13. The van der Waals surface area contributed by atoms with Crippen LogP contribution in [0.1, 0.15) is 156 Å². The third-order valence-electron chi connectivity index (χ3n) is 6.50. The van der Waals surface area contributed by atoms with Gasteiger partial charge in [0.05, 0.1) is 0 Å². The van der Waals surface area contributed by atoms with Crippen LogP contribution in [0.4, 0.5) is 9.59 Å². The van der Waals surface area contributed by atoms with E-state index in [9.17, 15) is 19.8 Å². The quantitative estimate of drug-likeness (QED) is 0.0415. The maximum atomic E-state index is 9.81. The van der Waals surface area contributed by atoms with Gasteiger partial charge in [0.1, 0.15) is 0 Å². The fourth-order valence-corrected chi connectivity index (χ4v) is 7.37. The fourth-order valence-electron chi connectivity index (χ4n) is 3.81. The number of rotatable bonds is 30. The molecule has 0 amide bonds. The average molecular weight is 724 g/mol. The second-order valence-corrected chi connectivity index (χ2v) is 15.1. The Labute approximate surface area is 276 Å². The Morgan fingerprint density at radius 2 is 0.721 bits per heavy atom. The van der Waals surface area contributed by atoms with Crippen LogP contribution in [0.15, 0.2) is 0 Å². The van der Waals surface area contributed by atoms with Crippen LogP contribution in [-0.4, -0.2) is 73.1 Å². The minimum Gasteiger partial charge on any atom is -0.550 e. The fraction of sp³-hybridized carbons (Fsp3) is 0.941. The molecule has 0 fully saturated rings. The topological polar surface area (TPSA) is 117 Å². The Morgan fingerprint density at radius 3 is 1.07 bits per heavy atom. The molecule has 0 aliphatic carbocycles. The molecule has 0 aliphatic rings. The third kappa shape index (κ3) is 57.5. The first-order valence-corrected chi connectivity index (χ1v) is 21.5. The number of carbonyl (C=O) groups is 2. The third-order valence-corrected chi connectivity index (χ3v) is 10.5. The molecule has 0 rings (SSSR count). The standard InChI is InChI=1S/2C9H18O4.2C8H17.Sn/c2*1-2-3-6-12-7-4-5-8-13-9(10)11;2*1-3-5-7-8-6-4-2;/h2*2-8H2,1H3,(H,10,11);2*1,3-8H2,2H3;/q;;;;+2/p-2. The zero-order valence-electron chi connectivity index (χ0n) is 28.6. The van der Waals surface area contributed by atoms with E-state index in [2.05, 4.69) is 37.2 Å². The van der Waals surface area contributed by atoms with Gasteiger partial charge in [-0.15, -0.1) is 0 Å². The zero-order valence-corrected chi connectivity index (χ0v) is 31.4. The molecule has 0 unspecified atom stereocenters. The average Bonchev–Trinajstić information content (AvgIpc) is 2.98. The van der Waals surface area contributed by atoms with Crippen LogP contribution < -0.4 is 10.2 Å². The number of hydrogen-bond acceptors (Lipinski definition) is 8. The van der Waals surface area contributed by atoms with Crippen LogP contribution in [0.25, 0.3) is 0 Å². The molecule has 0 aromatic rings. The molecule has 0 saturated carbocycles. The molecule has 256 valence electrons. The van der Waals surface area contributed by atoms with Gasteiger partial charge < -0.3 is 38.7 Å². The van der Waals surface area contributed by atoms with E-state index in [1.807, 2.05) is 0 Å². The van der Waals surface area contributed by atoms with Crippen molar-refractivity contribution in [2.75, 3.05) is 39.6 Å². The van der Waals surface area contributed by atoms with E-state index in [-0.39, 0.29) is 34.4 Å². The van der Waals surface area contributed by atoms with Crippen molar-refractivity contribution in [3.8, 4) is 0 Å². The van der Waals surface area contributed by atoms with Crippen LogP contribution >= 0.6 is 0 Å². The summed E-state index contributed by atoms with van der Waals surface area (Å²) >= 11 is 0.0736. The summed E-state index contributed by atoms with van der Waals surface area (Å²) in [5, 5.41) is 19.6. The van der Waals surface area contributed by atoms with Gasteiger partial charge in [0, 0.05) is 39.6 Å². The summed E-state index contributed by atoms with van der Waals surface area (Å²) in [6.45, 7) is 12.2. The first kappa shape index (κ1) is 46.7. The van der Waals surface area contributed by atoms with E-state index in [0.29, 0.717) is 26.1 Å². The van der Waals surface area contributed by atoms with Crippen LogP contribution in [0.2, 0.25) is 8.87 Å². The molecule has 0 aromatic heterocycles. The Hall–Kier alpha value is -0.741. The summed E-state index contributed by atoms with van der Waals surface area (Å²) in [7, 11) is 0. The molecule has 0 bridgehead atoms. The van der Waals surface area contributed by atoms with Gasteiger partial charge in [-0.2, -0.15) is 0 Å². The monoisotopic (exact) mass is 724 g/mol. The van der Waals surface area contributed by atoms with Crippen molar-refractivity contribution >= 4 is 33.5 Å². The van der Waals surface area contributed by atoms with Gasteiger partial charge in [0.15, 0.2) is 0 Å². The Balaban J connectivity index is -0.000000566. The molecule has 0 aromatic carbocycles. The number of ether oxygens (including phenoxy) is 4. The van der Waals surface area contributed by atoms with Crippen LogP contribution in [0.5, 0.6) is 0 Å². The van der Waals surface area contributed by atoms with Gasteiger partial charge in [0.2, 0.25) is 0 Å². The van der Waals surface area contributed by atoms with Crippen molar-refractivity contribution in [2.24, 2.45) is 0 Å². The summed E-state index contributed by atoms with van der Waals surface area (Å²) in [4.78, 5) is 19.6. The van der Waals surface area contributed by atoms with Gasteiger partial charge in [-0.1, -0.05) is 26.7 Å². The van der Waals surface area contributed by atoms with Crippen molar-refractivity contribution in [3.05, 3.63) is 0 Å². The number of carbonyl (C=O) groups excluding carboxylic acids is 2. The van der Waals surface area contributed by atoms with Crippen LogP contribution in [-0.2, 0) is 18.9 Å². The number of carboxylic acid groups (broad SMARTS) is 2. The van der Waals surface area contributed by atoms with Crippen molar-refractivity contribution < 1.29 is 38.7 Å². The van der Waals surface area contributed by atoms with Gasteiger partial charge in [-0.25, -0.2) is 0 Å². The molecule has 0 N–H and O–H groups in total. The smallest absolute Gasteiger partial charge is 0.251 e.